The molecule has 0 fully saturated rings. The van der Waals surface area contributed by atoms with Crippen LogP contribution < -0.4 is 0 Å². The first-order valence-electron chi connectivity index (χ1n) is 5.36. The van der Waals surface area contributed by atoms with Crippen LogP contribution in [-0.2, 0) is 11.3 Å². The third-order valence-corrected chi connectivity index (χ3v) is 3.20. The number of rotatable bonds is 5. The zero-order valence-corrected chi connectivity index (χ0v) is 11.4. The zero-order valence-electron chi connectivity index (χ0n) is 9.81. The maximum atomic E-state index is 11.8. The van der Waals surface area contributed by atoms with Crippen molar-refractivity contribution in [1.82, 2.24) is 9.47 Å². The van der Waals surface area contributed by atoms with Gasteiger partial charge < -0.3 is 14.6 Å². The maximum absolute atomic E-state index is 11.8. The molecule has 1 amide bonds. The summed E-state index contributed by atoms with van der Waals surface area (Å²) in [5.41, 5.74) is 0.171. The number of amides is 1. The second kappa shape index (κ2) is 5.86. The van der Waals surface area contributed by atoms with E-state index < -0.39 is 5.97 Å². The summed E-state index contributed by atoms with van der Waals surface area (Å²) in [5, 5.41) is 8.83. The van der Waals surface area contributed by atoms with Gasteiger partial charge in [0.1, 0.15) is 6.54 Å². The van der Waals surface area contributed by atoms with Gasteiger partial charge in [0.05, 0.1) is 10.2 Å². The van der Waals surface area contributed by atoms with Crippen LogP contribution in [0.5, 0.6) is 0 Å². The Labute approximate surface area is 108 Å². The summed E-state index contributed by atoms with van der Waals surface area (Å²) in [6.07, 6.45) is 1.45. The molecule has 17 heavy (non-hydrogen) atoms. The lowest BCUT2D eigenvalue weighted by atomic mass is 10.3. The van der Waals surface area contributed by atoms with Crippen molar-refractivity contribution in [3.05, 3.63) is 22.4 Å². The summed E-state index contributed by atoms with van der Waals surface area (Å²) in [5.74, 6) is -1.03. The number of aromatic nitrogens is 1. The quantitative estimate of drug-likeness (QED) is 0.902. The highest BCUT2D eigenvalue weighted by atomic mass is 79.9. The lowest BCUT2D eigenvalue weighted by Gasteiger charge is -2.19. The van der Waals surface area contributed by atoms with Crippen molar-refractivity contribution in [3.8, 4) is 0 Å². The minimum absolute atomic E-state index is 0.0248. The number of aromatic carboxylic acids is 1. The Hall–Kier alpha value is -1.30. The van der Waals surface area contributed by atoms with E-state index in [4.69, 9.17) is 5.11 Å². The Bertz CT molecular complexity index is 424. The van der Waals surface area contributed by atoms with E-state index >= 15 is 0 Å². The van der Waals surface area contributed by atoms with Gasteiger partial charge in [-0.25, -0.2) is 4.79 Å². The highest BCUT2D eigenvalue weighted by Gasteiger charge is 2.14. The molecule has 0 bridgehead atoms. The average Bonchev–Trinajstić information content (AvgIpc) is 2.62. The van der Waals surface area contributed by atoms with Gasteiger partial charge in [-0.15, -0.1) is 0 Å². The molecule has 0 atom stereocenters. The van der Waals surface area contributed by atoms with E-state index in [9.17, 15) is 9.59 Å². The first kappa shape index (κ1) is 13.8. The molecule has 1 rings (SSSR count). The van der Waals surface area contributed by atoms with E-state index in [1.165, 1.54) is 12.3 Å². The number of likely N-dealkylation sites (N-methyl/N-ethyl adjacent to an activating group) is 1. The molecule has 1 heterocycles. The van der Waals surface area contributed by atoms with Crippen molar-refractivity contribution < 1.29 is 14.7 Å². The molecule has 0 saturated carbocycles. The second-order valence-electron chi connectivity index (χ2n) is 3.55. The second-order valence-corrected chi connectivity index (χ2v) is 4.36. The highest BCUT2D eigenvalue weighted by Crippen LogP contribution is 2.15. The summed E-state index contributed by atoms with van der Waals surface area (Å²) < 4.78 is 2.18. The van der Waals surface area contributed by atoms with E-state index in [1.54, 1.807) is 9.47 Å². The smallest absolute Gasteiger partial charge is 0.337 e. The molecule has 0 aliphatic rings. The third-order valence-electron chi connectivity index (χ3n) is 2.51. The third kappa shape index (κ3) is 3.33. The van der Waals surface area contributed by atoms with Gasteiger partial charge in [0.25, 0.3) is 0 Å². The zero-order chi connectivity index (χ0) is 13.0. The van der Waals surface area contributed by atoms with Crippen molar-refractivity contribution >= 4 is 27.8 Å². The molecule has 5 nitrogen and oxygen atoms in total. The van der Waals surface area contributed by atoms with Crippen LogP contribution in [0.2, 0.25) is 0 Å². The van der Waals surface area contributed by atoms with E-state index in [-0.39, 0.29) is 18.0 Å². The highest BCUT2D eigenvalue weighted by molar-refractivity contribution is 9.10. The molecule has 1 aromatic rings. The Morgan fingerprint density at radius 3 is 2.41 bits per heavy atom. The molecule has 0 spiro atoms. The SMILES string of the molecule is CCN(CC)C(=O)Cn1cc(C(=O)O)cc1Br. The fourth-order valence-corrected chi connectivity index (χ4v) is 2.01. The summed E-state index contributed by atoms with van der Waals surface area (Å²) in [7, 11) is 0. The number of hydrogen-bond donors (Lipinski definition) is 1. The fraction of sp³-hybridized carbons (Fsp3) is 0.455. The van der Waals surface area contributed by atoms with Crippen LogP contribution in [0, 0.1) is 0 Å². The molecule has 6 heteroatoms. The van der Waals surface area contributed by atoms with Crippen molar-refractivity contribution in [2.24, 2.45) is 0 Å². The van der Waals surface area contributed by atoms with E-state index in [2.05, 4.69) is 15.9 Å². The molecular weight excluding hydrogens is 288 g/mol. The van der Waals surface area contributed by atoms with Crippen LogP contribution >= 0.6 is 15.9 Å². The minimum Gasteiger partial charge on any atom is -0.478 e. The van der Waals surface area contributed by atoms with Crippen LogP contribution in [0.4, 0.5) is 0 Å². The fourth-order valence-electron chi connectivity index (χ4n) is 1.54. The number of carbonyl (C=O) groups excluding carboxylic acids is 1. The van der Waals surface area contributed by atoms with Crippen molar-refractivity contribution in [1.29, 1.82) is 0 Å². The van der Waals surface area contributed by atoms with Gasteiger partial charge in [-0.3, -0.25) is 4.79 Å². The van der Waals surface area contributed by atoms with Gasteiger partial charge in [0.2, 0.25) is 5.91 Å². The van der Waals surface area contributed by atoms with Crippen LogP contribution in [0.3, 0.4) is 0 Å². The van der Waals surface area contributed by atoms with Crippen LogP contribution in [0.1, 0.15) is 24.2 Å². The van der Waals surface area contributed by atoms with E-state index in [0.717, 1.165) is 0 Å². The van der Waals surface area contributed by atoms with E-state index in [1.807, 2.05) is 13.8 Å². The Morgan fingerprint density at radius 1 is 1.41 bits per heavy atom. The molecule has 0 aliphatic carbocycles. The normalized spacial score (nSPS) is 10.3. The molecule has 94 valence electrons. The predicted molar refractivity (Wildman–Crippen MR) is 67.0 cm³/mol. The van der Waals surface area contributed by atoms with Gasteiger partial charge in [-0.05, 0) is 35.8 Å². The van der Waals surface area contributed by atoms with Crippen molar-refractivity contribution in [2.45, 2.75) is 20.4 Å². The standard InChI is InChI=1S/C11H15BrN2O3/c1-3-13(4-2)10(15)7-14-6-8(11(16)17)5-9(14)12/h5-6H,3-4,7H2,1-2H3,(H,16,17). The van der Waals surface area contributed by atoms with Gasteiger partial charge in [0.15, 0.2) is 0 Å². The van der Waals surface area contributed by atoms with Gasteiger partial charge in [0, 0.05) is 19.3 Å². The molecule has 1 N–H and O–H groups in total. The number of nitrogens with zero attached hydrogens (tertiary/aromatic N) is 2. The predicted octanol–water partition coefficient (Wildman–Crippen LogP) is 1.82. The lowest BCUT2D eigenvalue weighted by Crippen LogP contribution is -2.33. The molecule has 0 saturated heterocycles. The average molecular weight is 303 g/mol. The van der Waals surface area contributed by atoms with Gasteiger partial charge in [-0.1, -0.05) is 0 Å². The van der Waals surface area contributed by atoms with Crippen molar-refractivity contribution in [3.63, 3.8) is 0 Å². The molecule has 0 aliphatic heterocycles. The van der Waals surface area contributed by atoms with Crippen molar-refractivity contribution in [2.75, 3.05) is 13.1 Å². The van der Waals surface area contributed by atoms with Gasteiger partial charge >= 0.3 is 5.97 Å². The summed E-state index contributed by atoms with van der Waals surface area (Å²) in [4.78, 5) is 24.3. The monoisotopic (exact) mass is 302 g/mol. The topological polar surface area (TPSA) is 62.5 Å². The lowest BCUT2D eigenvalue weighted by molar-refractivity contribution is -0.131. The molecular formula is C11H15BrN2O3. The molecule has 0 unspecified atom stereocenters. The Kier molecular flexibility index (Phi) is 4.74. The largest absolute Gasteiger partial charge is 0.478 e. The first-order chi connectivity index (χ1) is 7.99. The van der Waals surface area contributed by atoms with E-state index in [0.29, 0.717) is 17.7 Å². The van der Waals surface area contributed by atoms with Crippen LogP contribution in [-0.4, -0.2) is 39.5 Å². The molecule has 1 aromatic heterocycles. The minimum atomic E-state index is -1.00. The van der Waals surface area contributed by atoms with Gasteiger partial charge in [-0.2, -0.15) is 0 Å². The number of carboxylic acid groups (broad SMARTS) is 1. The van der Waals surface area contributed by atoms with Crippen LogP contribution in [0.25, 0.3) is 0 Å². The maximum Gasteiger partial charge on any atom is 0.337 e. The number of halogens is 1. The Balaban J connectivity index is 2.81. The summed E-state index contributed by atoms with van der Waals surface area (Å²) in [6.45, 7) is 5.28. The number of carboxylic acids is 1. The van der Waals surface area contributed by atoms with Crippen LogP contribution in [0.15, 0.2) is 16.9 Å². The molecule has 0 aromatic carbocycles. The Morgan fingerprint density at radius 2 is 2.00 bits per heavy atom. The molecule has 0 radical (unpaired) electrons. The summed E-state index contributed by atoms with van der Waals surface area (Å²) >= 11 is 3.24. The number of carbonyl (C=O) groups is 2. The first-order valence-corrected chi connectivity index (χ1v) is 6.15. The summed E-state index contributed by atoms with van der Waals surface area (Å²) in [6, 6.07) is 1.48. The number of hydrogen-bond acceptors (Lipinski definition) is 2.